The number of carboxylic acid groups (broad SMARTS) is 1. The molecule has 2 aromatic heterocycles. The van der Waals surface area contributed by atoms with Gasteiger partial charge in [-0.15, -0.1) is 0 Å². The Balaban J connectivity index is 1.35. The van der Waals surface area contributed by atoms with E-state index in [0.29, 0.717) is 49.3 Å². The molecule has 2 fully saturated rings. The van der Waals surface area contributed by atoms with Gasteiger partial charge in [-0.1, -0.05) is 11.6 Å². The van der Waals surface area contributed by atoms with Crippen molar-refractivity contribution in [2.24, 2.45) is 0 Å². The average Bonchev–Trinajstić information content (AvgIpc) is 3.60. The minimum Gasteiger partial charge on any atom is -0.469 e. The maximum Gasteiger partial charge on any atom is 0.407 e. The molecule has 2 saturated heterocycles. The van der Waals surface area contributed by atoms with E-state index in [2.05, 4.69) is 28.2 Å². The maximum absolute atomic E-state index is 11.8. The first-order valence-electron chi connectivity index (χ1n) is 14.0. The van der Waals surface area contributed by atoms with Gasteiger partial charge in [0.05, 0.1) is 40.8 Å². The third-order valence-electron chi connectivity index (χ3n) is 8.49. The summed E-state index contributed by atoms with van der Waals surface area (Å²) in [6.07, 6.45) is 3.95. The Kier molecular flexibility index (Phi) is 7.48. The summed E-state index contributed by atoms with van der Waals surface area (Å²) in [4.78, 5) is 27.0. The predicted molar refractivity (Wildman–Crippen MR) is 152 cm³/mol. The van der Waals surface area contributed by atoms with Crippen molar-refractivity contribution in [1.29, 1.82) is 5.26 Å². The normalized spacial score (nSPS) is 22.8. The highest BCUT2D eigenvalue weighted by Gasteiger charge is 2.36. The van der Waals surface area contributed by atoms with E-state index in [0.717, 1.165) is 47.0 Å². The van der Waals surface area contributed by atoms with E-state index in [1.165, 1.54) is 4.90 Å². The number of carbonyl (C=O) groups is 1. The van der Waals surface area contributed by atoms with Gasteiger partial charge in [0.1, 0.15) is 18.5 Å². The molecule has 13 heteroatoms. The number of aromatic amines is 1. The first-order chi connectivity index (χ1) is 19.8. The number of nitrogens with one attached hydrogen (secondary N) is 1. The fourth-order valence-corrected chi connectivity index (χ4v) is 6.51. The summed E-state index contributed by atoms with van der Waals surface area (Å²) in [6.45, 7) is 4.50. The Labute approximate surface area is 242 Å². The van der Waals surface area contributed by atoms with Crippen LogP contribution in [-0.2, 0) is 6.42 Å². The number of hydrogen-bond donors (Lipinski definition) is 2. The van der Waals surface area contributed by atoms with Crippen molar-refractivity contribution in [3.63, 3.8) is 0 Å². The molecule has 2 unspecified atom stereocenters. The third kappa shape index (κ3) is 5.20. The number of likely N-dealkylation sites (tertiary alicyclic amines) is 1. The zero-order chi connectivity index (χ0) is 28.7. The van der Waals surface area contributed by atoms with E-state index >= 15 is 0 Å². The molecule has 0 radical (unpaired) electrons. The molecule has 0 saturated carbocycles. The van der Waals surface area contributed by atoms with Gasteiger partial charge in [0.2, 0.25) is 5.88 Å². The molecule has 3 atom stereocenters. The second kappa shape index (κ2) is 11.2. The number of rotatable bonds is 6. The van der Waals surface area contributed by atoms with E-state index in [-0.39, 0.29) is 31.1 Å². The van der Waals surface area contributed by atoms with Crippen molar-refractivity contribution >= 4 is 34.4 Å². The molecule has 12 nitrogen and oxygen atoms in total. The Morgan fingerprint density at radius 2 is 2.15 bits per heavy atom. The van der Waals surface area contributed by atoms with Gasteiger partial charge >= 0.3 is 12.1 Å². The molecule has 216 valence electrons. The smallest absolute Gasteiger partial charge is 0.407 e. The van der Waals surface area contributed by atoms with Gasteiger partial charge < -0.3 is 29.3 Å². The number of nitriles is 1. The van der Waals surface area contributed by atoms with E-state index < -0.39 is 12.1 Å². The molecule has 1 aromatic carbocycles. The molecular weight excluding hydrogens is 548 g/mol. The lowest BCUT2D eigenvalue weighted by Gasteiger charge is -2.40. The average molecular weight is 581 g/mol. The van der Waals surface area contributed by atoms with E-state index in [4.69, 9.17) is 31.0 Å². The highest BCUT2D eigenvalue weighted by atomic mass is 35.5. The minimum absolute atomic E-state index is 0.0958. The molecule has 2 N–H and O–H groups in total. The molecule has 41 heavy (non-hydrogen) atoms. The number of ether oxygens (including phenoxy) is 2. The second-order valence-corrected chi connectivity index (χ2v) is 11.4. The maximum atomic E-state index is 11.8. The second-order valence-electron chi connectivity index (χ2n) is 11.0. The molecule has 3 aromatic rings. The molecule has 3 aliphatic heterocycles. The van der Waals surface area contributed by atoms with Crippen LogP contribution in [0.2, 0.25) is 5.02 Å². The lowest BCUT2D eigenvalue weighted by molar-refractivity contribution is 0.118. The summed E-state index contributed by atoms with van der Waals surface area (Å²) in [5, 5.41) is 27.8. The lowest BCUT2D eigenvalue weighted by Crippen LogP contribution is -2.55. The number of likely N-dealkylation sites (N-methyl/N-ethyl adjacent to an activating group) is 1. The molecule has 0 aliphatic carbocycles. The minimum atomic E-state index is -1.02. The quantitative estimate of drug-likeness (QED) is 0.440. The fourth-order valence-electron chi connectivity index (χ4n) is 6.23. The van der Waals surface area contributed by atoms with Crippen LogP contribution in [0, 0.1) is 18.3 Å². The number of hydrogen-bond acceptors (Lipinski definition) is 9. The summed E-state index contributed by atoms with van der Waals surface area (Å²) < 4.78 is 12.7. The third-order valence-corrected chi connectivity index (χ3v) is 8.99. The first kappa shape index (κ1) is 27.4. The molecule has 5 heterocycles. The molecule has 6 rings (SSSR count). The van der Waals surface area contributed by atoms with Gasteiger partial charge in [-0.2, -0.15) is 20.3 Å². The standard InChI is InChI=1S/C28H33ClN8O4/c1-16-12-21-20(13-31-34-21)23(24(16)29)22-6-5-19-25(36-10-11-37(28(38)39)17(14-36)7-8-30)32-27(33-26(19)41-22)40-15-18-4-3-9-35(18)2/h12-13,17-18,22H,3-7,9-11,14-15H2,1-2H3,(H,31,34)(H,38,39)/t17-,18?,22?/m0/s1. The van der Waals surface area contributed by atoms with Crippen molar-refractivity contribution in [3.8, 4) is 18.0 Å². The number of aromatic nitrogens is 4. The van der Waals surface area contributed by atoms with Crippen LogP contribution in [0.3, 0.4) is 0 Å². The summed E-state index contributed by atoms with van der Waals surface area (Å²) in [5.74, 6) is 1.10. The van der Waals surface area contributed by atoms with Crippen LogP contribution in [0.15, 0.2) is 12.3 Å². The SMILES string of the molecule is Cc1cc2[nH]ncc2c(C2CCc3c(nc(OCC4CCCN4C)nc3N3CCN(C(=O)O)[C@@H](CC#N)C3)O2)c1Cl. The number of nitrogens with zero attached hydrogens (tertiary/aromatic N) is 7. The van der Waals surface area contributed by atoms with Gasteiger partial charge in [0.15, 0.2) is 0 Å². The Morgan fingerprint density at radius 3 is 2.90 bits per heavy atom. The zero-order valence-electron chi connectivity index (χ0n) is 23.1. The lowest BCUT2D eigenvalue weighted by atomic mass is 9.95. The van der Waals surface area contributed by atoms with E-state index in [9.17, 15) is 15.2 Å². The van der Waals surface area contributed by atoms with Gasteiger partial charge in [-0.3, -0.25) is 5.10 Å². The summed E-state index contributed by atoms with van der Waals surface area (Å²) in [5.41, 5.74) is 3.55. The Hall–Kier alpha value is -3.82. The van der Waals surface area contributed by atoms with E-state index in [1.54, 1.807) is 6.20 Å². The largest absolute Gasteiger partial charge is 0.469 e. The molecule has 1 amide bonds. The summed E-state index contributed by atoms with van der Waals surface area (Å²) >= 11 is 6.82. The predicted octanol–water partition coefficient (Wildman–Crippen LogP) is 3.94. The van der Waals surface area contributed by atoms with Gasteiger partial charge in [-0.05, 0) is 57.8 Å². The summed E-state index contributed by atoms with van der Waals surface area (Å²) in [6, 6.07) is 4.15. The van der Waals surface area contributed by atoms with Crippen LogP contribution in [-0.4, -0.2) is 93.1 Å². The molecule has 0 spiro atoms. The first-order valence-corrected chi connectivity index (χ1v) is 14.4. The van der Waals surface area contributed by atoms with Crippen molar-refractivity contribution < 1.29 is 19.4 Å². The molecule has 3 aliphatic rings. The fraction of sp³-hybridized carbons (Fsp3) is 0.536. The van der Waals surface area contributed by atoms with Crippen LogP contribution in [0.4, 0.5) is 10.6 Å². The highest BCUT2D eigenvalue weighted by Crippen LogP contribution is 2.43. The van der Waals surface area contributed by atoms with Crippen molar-refractivity contribution in [2.75, 3.05) is 44.7 Å². The Bertz CT molecular complexity index is 1510. The number of benzene rings is 1. The highest BCUT2D eigenvalue weighted by molar-refractivity contribution is 6.33. The van der Waals surface area contributed by atoms with Crippen LogP contribution in [0.5, 0.6) is 11.9 Å². The van der Waals surface area contributed by atoms with Crippen LogP contribution < -0.4 is 14.4 Å². The molecular formula is C28H33ClN8O4. The number of halogens is 1. The van der Waals surface area contributed by atoms with Crippen LogP contribution in [0.25, 0.3) is 10.9 Å². The number of H-pyrrole nitrogens is 1. The number of anilines is 1. The van der Waals surface area contributed by atoms with Crippen LogP contribution >= 0.6 is 11.6 Å². The van der Waals surface area contributed by atoms with Gasteiger partial charge in [0.25, 0.3) is 0 Å². The van der Waals surface area contributed by atoms with Crippen molar-refractivity contribution in [2.45, 2.75) is 57.2 Å². The topological polar surface area (TPSA) is 144 Å². The monoisotopic (exact) mass is 580 g/mol. The number of aryl methyl sites for hydroxylation is 1. The Morgan fingerprint density at radius 1 is 1.29 bits per heavy atom. The van der Waals surface area contributed by atoms with Gasteiger partial charge in [0, 0.05) is 36.6 Å². The number of piperazine rings is 1. The van der Waals surface area contributed by atoms with E-state index in [1.807, 2.05) is 17.9 Å². The number of amides is 1. The van der Waals surface area contributed by atoms with Crippen molar-refractivity contribution in [1.82, 2.24) is 30.0 Å². The summed E-state index contributed by atoms with van der Waals surface area (Å²) in [7, 11) is 2.09. The zero-order valence-corrected chi connectivity index (χ0v) is 23.9. The molecule has 0 bridgehead atoms. The van der Waals surface area contributed by atoms with Gasteiger partial charge in [-0.25, -0.2) is 4.79 Å². The van der Waals surface area contributed by atoms with Crippen LogP contribution in [0.1, 0.15) is 48.5 Å². The van der Waals surface area contributed by atoms with Crippen molar-refractivity contribution in [3.05, 3.63) is 34.0 Å². The number of fused-ring (bicyclic) bond motifs is 2.